The van der Waals surface area contributed by atoms with Crippen molar-refractivity contribution in [2.75, 3.05) is 12.3 Å². The van der Waals surface area contributed by atoms with Crippen LogP contribution in [0.4, 0.5) is 0 Å². The summed E-state index contributed by atoms with van der Waals surface area (Å²) < 4.78 is 0. The van der Waals surface area contributed by atoms with Gasteiger partial charge in [0.1, 0.15) is 24.2 Å². The fourth-order valence-corrected chi connectivity index (χ4v) is 3.64. The smallest absolute Gasteiger partial charge is 0.326 e. The van der Waals surface area contributed by atoms with Gasteiger partial charge in [0.15, 0.2) is 0 Å². The molecule has 11 N–H and O–H groups in total. The van der Waals surface area contributed by atoms with E-state index in [0.717, 1.165) is 0 Å². The Morgan fingerprint density at radius 2 is 1.33 bits per heavy atom. The normalized spacial score (nSPS) is 15.7. The molecule has 0 saturated heterocycles. The van der Waals surface area contributed by atoms with Gasteiger partial charge in [0.05, 0.1) is 18.6 Å². The van der Waals surface area contributed by atoms with Crippen LogP contribution in [0.2, 0.25) is 0 Å². The summed E-state index contributed by atoms with van der Waals surface area (Å²) in [6.45, 7) is 5.13. The van der Waals surface area contributed by atoms with Gasteiger partial charge < -0.3 is 48.1 Å². The fourth-order valence-electron chi connectivity index (χ4n) is 3.38. The van der Waals surface area contributed by atoms with E-state index in [-0.39, 0.29) is 18.1 Å². The number of unbranched alkanes of at least 4 members (excludes halogenated alkanes) is 1. The third kappa shape index (κ3) is 14.1. The zero-order valence-corrected chi connectivity index (χ0v) is 23.3. The van der Waals surface area contributed by atoms with Crippen molar-refractivity contribution < 1.29 is 44.1 Å². The minimum Gasteiger partial charge on any atom is -0.481 e. The van der Waals surface area contributed by atoms with Crippen molar-refractivity contribution in [3.05, 3.63) is 0 Å². The fraction of sp³-hybridized carbons (Fsp3) is 0.739. The van der Waals surface area contributed by atoms with Gasteiger partial charge in [0, 0.05) is 5.75 Å². The SMILES string of the molecule is CC(C)C[C@H](NC(=O)[C@H](CC(=O)O)NC(=O)[C@H](CS)NC(=O)[C@@H](NC(=O)[C@@H](N)CCCCN)[C@@H](C)O)C(=O)O. The van der Waals surface area contributed by atoms with Crippen molar-refractivity contribution >= 4 is 48.2 Å². The third-order valence-corrected chi connectivity index (χ3v) is 5.88. The zero-order chi connectivity index (χ0) is 30.3. The maximum atomic E-state index is 12.8. The van der Waals surface area contributed by atoms with Crippen molar-refractivity contribution in [1.82, 2.24) is 21.3 Å². The quantitative estimate of drug-likeness (QED) is 0.0556. The summed E-state index contributed by atoms with van der Waals surface area (Å²) in [4.78, 5) is 73.4. The first kappa shape index (κ1) is 36.0. The molecular formula is C23H42N6O9S. The molecule has 0 spiro atoms. The molecule has 15 nitrogen and oxygen atoms in total. The van der Waals surface area contributed by atoms with Gasteiger partial charge in [-0.1, -0.05) is 20.3 Å². The molecule has 0 fully saturated rings. The van der Waals surface area contributed by atoms with E-state index in [1.807, 2.05) is 0 Å². The second-order valence-corrected chi connectivity index (χ2v) is 9.91. The Labute approximate surface area is 232 Å². The van der Waals surface area contributed by atoms with E-state index in [0.29, 0.717) is 25.8 Å². The number of thiol groups is 1. The molecule has 0 aliphatic heterocycles. The standard InChI is InChI=1S/C23H42N6O9S/c1-11(2)8-15(23(37)38)27-20(34)14(9-17(31)32)26-21(35)16(10-39)28-22(36)18(12(3)30)29-19(33)13(25)6-4-5-7-24/h11-16,18,30,39H,4-10,24-25H2,1-3H3,(H,26,35)(H,27,34)(H,28,36)(H,29,33)(H,31,32)(H,37,38)/t12-,13+,14+,15+,16+,18+/m1/s1. The van der Waals surface area contributed by atoms with Crippen LogP contribution in [0.1, 0.15) is 52.9 Å². The highest BCUT2D eigenvalue weighted by atomic mass is 32.1. The van der Waals surface area contributed by atoms with Crippen LogP contribution < -0.4 is 32.7 Å². The number of carboxylic acid groups (broad SMARTS) is 2. The van der Waals surface area contributed by atoms with E-state index in [1.54, 1.807) is 13.8 Å². The molecule has 0 aromatic rings. The molecule has 224 valence electrons. The van der Waals surface area contributed by atoms with Gasteiger partial charge in [-0.15, -0.1) is 0 Å². The minimum atomic E-state index is -1.66. The van der Waals surface area contributed by atoms with Gasteiger partial charge in [-0.3, -0.25) is 24.0 Å². The van der Waals surface area contributed by atoms with Crippen LogP contribution in [0, 0.1) is 5.92 Å². The number of carbonyl (C=O) groups excluding carboxylic acids is 4. The first-order valence-electron chi connectivity index (χ1n) is 12.5. The molecule has 6 atom stereocenters. The maximum Gasteiger partial charge on any atom is 0.326 e. The molecule has 0 aliphatic carbocycles. The van der Waals surface area contributed by atoms with Crippen molar-refractivity contribution in [1.29, 1.82) is 0 Å². The van der Waals surface area contributed by atoms with Crippen molar-refractivity contribution in [3.8, 4) is 0 Å². The average Bonchev–Trinajstić information content (AvgIpc) is 2.83. The Morgan fingerprint density at radius 1 is 0.795 bits per heavy atom. The van der Waals surface area contributed by atoms with Crippen molar-refractivity contribution in [2.45, 2.75) is 89.2 Å². The van der Waals surface area contributed by atoms with Gasteiger partial charge in [-0.2, -0.15) is 12.6 Å². The van der Waals surface area contributed by atoms with E-state index in [9.17, 15) is 44.1 Å². The number of rotatable bonds is 19. The third-order valence-electron chi connectivity index (χ3n) is 5.52. The molecule has 0 heterocycles. The Bertz CT molecular complexity index is 858. The van der Waals surface area contributed by atoms with Crippen LogP contribution in [-0.2, 0) is 28.8 Å². The highest BCUT2D eigenvalue weighted by molar-refractivity contribution is 7.80. The molecule has 16 heteroatoms. The van der Waals surface area contributed by atoms with Crippen LogP contribution in [0.3, 0.4) is 0 Å². The molecule has 39 heavy (non-hydrogen) atoms. The number of aliphatic carboxylic acids is 2. The first-order valence-corrected chi connectivity index (χ1v) is 13.2. The minimum absolute atomic E-state index is 0.0628. The molecule has 0 aromatic heterocycles. The number of aliphatic hydroxyl groups excluding tert-OH is 1. The Kier molecular flexibility index (Phi) is 17.0. The van der Waals surface area contributed by atoms with Gasteiger partial charge in [-0.05, 0) is 38.6 Å². The average molecular weight is 579 g/mol. The summed E-state index contributed by atoms with van der Waals surface area (Å²) in [7, 11) is 0. The lowest BCUT2D eigenvalue weighted by Gasteiger charge is -2.26. The number of carbonyl (C=O) groups is 6. The first-order chi connectivity index (χ1) is 18.1. The Balaban J connectivity index is 5.48. The van der Waals surface area contributed by atoms with Gasteiger partial charge in [-0.25, -0.2) is 4.79 Å². The molecular weight excluding hydrogens is 536 g/mol. The van der Waals surface area contributed by atoms with E-state index >= 15 is 0 Å². The topological polar surface area (TPSA) is 263 Å². The predicted molar refractivity (Wildman–Crippen MR) is 143 cm³/mol. The number of hydrogen-bond acceptors (Lipinski definition) is 10. The van der Waals surface area contributed by atoms with Gasteiger partial charge in [0.2, 0.25) is 23.6 Å². The highest BCUT2D eigenvalue weighted by Crippen LogP contribution is 2.07. The molecule has 0 aromatic carbocycles. The van der Waals surface area contributed by atoms with E-state index in [1.165, 1.54) is 6.92 Å². The number of hydrogen-bond donors (Lipinski definition) is 10. The lowest BCUT2D eigenvalue weighted by Crippen LogP contribution is -2.61. The Morgan fingerprint density at radius 3 is 1.79 bits per heavy atom. The van der Waals surface area contributed by atoms with Crippen LogP contribution in [-0.4, -0.2) is 99.5 Å². The molecule has 0 radical (unpaired) electrons. The highest BCUT2D eigenvalue weighted by Gasteiger charge is 2.33. The number of carboxylic acids is 2. The molecule has 0 saturated carbocycles. The van der Waals surface area contributed by atoms with E-state index < -0.39 is 78.3 Å². The zero-order valence-electron chi connectivity index (χ0n) is 22.4. The molecule has 4 amide bonds. The van der Waals surface area contributed by atoms with Gasteiger partial charge >= 0.3 is 11.9 Å². The molecule has 0 aliphatic rings. The predicted octanol–water partition coefficient (Wildman–Crippen LogP) is -2.70. The summed E-state index contributed by atoms with van der Waals surface area (Å²) in [5.74, 6) is -6.88. The number of nitrogens with two attached hydrogens (primary N) is 2. The summed E-state index contributed by atoms with van der Waals surface area (Å²) in [6.07, 6.45) is -0.663. The molecule has 0 rings (SSSR count). The van der Waals surface area contributed by atoms with Crippen LogP contribution in [0.25, 0.3) is 0 Å². The van der Waals surface area contributed by atoms with Gasteiger partial charge in [0.25, 0.3) is 0 Å². The van der Waals surface area contributed by atoms with Crippen molar-refractivity contribution in [2.24, 2.45) is 17.4 Å². The second kappa shape index (κ2) is 18.4. The molecule has 0 bridgehead atoms. The second-order valence-electron chi connectivity index (χ2n) is 9.55. The number of amides is 4. The van der Waals surface area contributed by atoms with E-state index in [2.05, 4.69) is 33.9 Å². The molecule has 0 unspecified atom stereocenters. The summed E-state index contributed by atoms with van der Waals surface area (Å²) in [5, 5.41) is 37.6. The van der Waals surface area contributed by atoms with Crippen LogP contribution in [0.5, 0.6) is 0 Å². The van der Waals surface area contributed by atoms with E-state index in [4.69, 9.17) is 11.5 Å². The lowest BCUT2D eigenvalue weighted by molar-refractivity contribution is -0.144. The lowest BCUT2D eigenvalue weighted by atomic mass is 10.0. The summed E-state index contributed by atoms with van der Waals surface area (Å²) in [5.41, 5.74) is 11.2. The number of aliphatic hydroxyl groups is 1. The largest absolute Gasteiger partial charge is 0.481 e. The van der Waals surface area contributed by atoms with Crippen LogP contribution in [0.15, 0.2) is 0 Å². The number of nitrogens with one attached hydrogen (secondary N) is 4. The summed E-state index contributed by atoms with van der Waals surface area (Å²) >= 11 is 4.01. The maximum absolute atomic E-state index is 12.8. The van der Waals surface area contributed by atoms with Crippen LogP contribution >= 0.6 is 12.6 Å². The summed E-state index contributed by atoms with van der Waals surface area (Å²) in [6, 6.07) is -6.84. The Hall–Kier alpha value is -2.95. The monoisotopic (exact) mass is 578 g/mol. The van der Waals surface area contributed by atoms with Crippen molar-refractivity contribution in [3.63, 3.8) is 0 Å².